The minimum Gasteiger partial charge on any atom is -0.481 e. The lowest BCUT2D eigenvalue weighted by molar-refractivity contribution is -0.137. The predicted octanol–water partition coefficient (Wildman–Crippen LogP) is 2.54. The Labute approximate surface area is 320 Å². The molecule has 1 aromatic heterocycles. The summed E-state index contributed by atoms with van der Waals surface area (Å²) in [5.74, 6) is -5.19. The first kappa shape index (κ1) is 43.3. The van der Waals surface area contributed by atoms with Gasteiger partial charge in [-0.15, -0.1) is 0 Å². The summed E-state index contributed by atoms with van der Waals surface area (Å²) in [6.45, 7) is 6.99. The highest BCUT2D eigenvalue weighted by Gasteiger charge is 2.33. The Bertz CT molecular complexity index is 1720. The molecule has 0 spiro atoms. The third kappa shape index (κ3) is 15.8. The maximum atomic E-state index is 14.0. The van der Waals surface area contributed by atoms with Crippen LogP contribution in [0.3, 0.4) is 0 Å². The molecule has 0 unspecified atom stereocenters. The monoisotopic (exact) mass is 761 g/mol. The van der Waals surface area contributed by atoms with E-state index >= 15 is 0 Å². The van der Waals surface area contributed by atoms with Crippen molar-refractivity contribution in [2.45, 2.75) is 97.0 Å². The van der Waals surface area contributed by atoms with Gasteiger partial charge in [-0.2, -0.15) is 0 Å². The lowest BCUT2D eigenvalue weighted by atomic mass is 9.99. The van der Waals surface area contributed by atoms with Crippen LogP contribution in [0.2, 0.25) is 0 Å². The Morgan fingerprint density at radius 3 is 1.85 bits per heavy atom. The van der Waals surface area contributed by atoms with Crippen molar-refractivity contribution >= 4 is 41.6 Å². The second kappa shape index (κ2) is 22.2. The maximum Gasteiger partial charge on any atom is 0.408 e. The number of carboxylic acids is 1. The number of aromatic nitrogens is 2. The van der Waals surface area contributed by atoms with E-state index in [9.17, 15) is 33.6 Å². The van der Waals surface area contributed by atoms with Gasteiger partial charge in [0.15, 0.2) is 0 Å². The average molecular weight is 762 g/mol. The van der Waals surface area contributed by atoms with Crippen molar-refractivity contribution in [3.05, 3.63) is 90.0 Å². The molecule has 3 rings (SSSR count). The van der Waals surface area contributed by atoms with Crippen LogP contribution >= 0.6 is 0 Å². The molecular formula is C39H51N7O9. The van der Waals surface area contributed by atoms with Crippen LogP contribution in [0.5, 0.6) is 0 Å². The number of nitrogens with one attached hydrogen (secondary N) is 6. The summed E-state index contributed by atoms with van der Waals surface area (Å²) in [4.78, 5) is 97.7. The standard InChI is InChI=1S/C39H51N7O9/c1-24(2)18-29(37(52)46-34(25(3)4)38(53)45-32(47)16-11-17-33(48)49)42-36(51)31(20-28-21-40-23-41-28)43-35(50)30(19-26-12-7-5-8-13-26)44-39(54)55-22-27-14-9-6-10-15-27/h5-10,12-15,21,23-25,29-31,34H,11,16-20,22H2,1-4H3,(H,40,41)(H,42,51)(H,43,50)(H,44,54)(H,46,52)(H,48,49)(H,45,47,53)/t29-,30-,31-,34-/m0/s1. The number of H-pyrrole nitrogens is 1. The van der Waals surface area contributed by atoms with Gasteiger partial charge >= 0.3 is 12.1 Å². The zero-order chi connectivity index (χ0) is 40.3. The largest absolute Gasteiger partial charge is 0.481 e. The molecule has 16 heteroatoms. The van der Waals surface area contributed by atoms with Crippen LogP contribution in [0.15, 0.2) is 73.2 Å². The van der Waals surface area contributed by atoms with Gasteiger partial charge in [-0.1, -0.05) is 88.4 Å². The number of imide groups is 1. The van der Waals surface area contributed by atoms with Crippen molar-refractivity contribution in [1.29, 1.82) is 0 Å². The number of carbonyl (C=O) groups is 7. The van der Waals surface area contributed by atoms with Gasteiger partial charge in [0.05, 0.1) is 12.0 Å². The molecule has 0 aliphatic rings. The van der Waals surface area contributed by atoms with Crippen LogP contribution in [-0.2, 0) is 53.0 Å². The van der Waals surface area contributed by atoms with Gasteiger partial charge in [0.2, 0.25) is 29.5 Å². The van der Waals surface area contributed by atoms with E-state index in [0.717, 1.165) is 11.1 Å². The maximum absolute atomic E-state index is 14.0. The number of rotatable bonds is 21. The molecule has 0 aliphatic heterocycles. The van der Waals surface area contributed by atoms with Crippen molar-refractivity contribution in [3.8, 4) is 0 Å². The smallest absolute Gasteiger partial charge is 0.408 e. The summed E-state index contributed by atoms with van der Waals surface area (Å²) in [6.07, 6.45) is 1.89. The average Bonchev–Trinajstić information content (AvgIpc) is 3.65. The number of imidazole rings is 1. The van der Waals surface area contributed by atoms with Crippen LogP contribution in [0.4, 0.5) is 4.79 Å². The first-order valence-electron chi connectivity index (χ1n) is 18.2. The number of benzene rings is 2. The molecule has 0 radical (unpaired) electrons. The number of nitrogens with zero attached hydrogens (tertiary/aromatic N) is 1. The Morgan fingerprint density at radius 1 is 0.709 bits per heavy atom. The van der Waals surface area contributed by atoms with Gasteiger partial charge in [0, 0.05) is 31.9 Å². The van der Waals surface area contributed by atoms with Crippen molar-refractivity contribution in [3.63, 3.8) is 0 Å². The molecule has 55 heavy (non-hydrogen) atoms. The molecule has 296 valence electrons. The summed E-state index contributed by atoms with van der Waals surface area (Å²) >= 11 is 0. The van der Waals surface area contributed by atoms with Crippen LogP contribution in [0.25, 0.3) is 0 Å². The first-order chi connectivity index (χ1) is 26.2. The Morgan fingerprint density at radius 2 is 1.29 bits per heavy atom. The van der Waals surface area contributed by atoms with Crippen LogP contribution in [0.1, 0.15) is 70.2 Å². The lowest BCUT2D eigenvalue weighted by Crippen LogP contribution is -2.60. The number of hydrogen-bond acceptors (Lipinski definition) is 9. The molecule has 0 bridgehead atoms. The molecule has 0 aliphatic carbocycles. The Balaban J connectivity index is 1.78. The summed E-state index contributed by atoms with van der Waals surface area (Å²) in [5, 5.41) is 21.8. The normalized spacial score (nSPS) is 13.1. The summed E-state index contributed by atoms with van der Waals surface area (Å²) in [6, 6.07) is 13.3. The summed E-state index contributed by atoms with van der Waals surface area (Å²) in [7, 11) is 0. The summed E-state index contributed by atoms with van der Waals surface area (Å²) in [5.41, 5.74) is 1.92. The second-order valence-corrected chi connectivity index (χ2v) is 13.9. The van der Waals surface area contributed by atoms with Crippen molar-refractivity contribution < 1.29 is 43.4 Å². The number of aromatic amines is 1. The second-order valence-electron chi connectivity index (χ2n) is 13.9. The molecule has 1 heterocycles. The van der Waals surface area contributed by atoms with Crippen molar-refractivity contribution in [1.82, 2.24) is 36.6 Å². The fourth-order valence-corrected chi connectivity index (χ4v) is 5.50. The Hall–Kier alpha value is -6.06. The van der Waals surface area contributed by atoms with Gasteiger partial charge in [0.1, 0.15) is 30.8 Å². The van der Waals surface area contributed by atoms with Crippen LogP contribution in [0, 0.1) is 11.8 Å². The molecule has 0 saturated heterocycles. The number of carboxylic acid groups (broad SMARTS) is 1. The van der Waals surface area contributed by atoms with Gasteiger partial charge in [-0.05, 0) is 35.8 Å². The molecule has 6 amide bonds. The Kier molecular flexibility index (Phi) is 17.5. The minimum atomic E-state index is -1.26. The van der Waals surface area contributed by atoms with E-state index in [1.54, 1.807) is 68.6 Å². The van der Waals surface area contributed by atoms with E-state index in [0.29, 0.717) is 5.69 Å². The molecule has 7 N–H and O–H groups in total. The predicted molar refractivity (Wildman–Crippen MR) is 201 cm³/mol. The SMILES string of the molecule is CC(C)C[C@H](NC(=O)[C@H](Cc1c[nH]cn1)NC(=O)[C@H](Cc1ccccc1)NC(=O)OCc1ccccc1)C(=O)N[C@H](C(=O)NC(=O)CCCC(=O)O)C(C)C. The highest BCUT2D eigenvalue weighted by atomic mass is 16.5. The molecule has 4 atom stereocenters. The number of carbonyl (C=O) groups excluding carboxylic acids is 6. The number of aliphatic carboxylic acids is 1. The van der Waals surface area contributed by atoms with Gasteiger partial charge in [-0.25, -0.2) is 9.78 Å². The summed E-state index contributed by atoms with van der Waals surface area (Å²) < 4.78 is 5.38. The third-order valence-electron chi connectivity index (χ3n) is 8.35. The van der Waals surface area contributed by atoms with Crippen molar-refractivity contribution in [2.24, 2.45) is 11.8 Å². The van der Waals surface area contributed by atoms with Gasteiger partial charge in [-0.3, -0.25) is 34.1 Å². The fourth-order valence-electron chi connectivity index (χ4n) is 5.50. The zero-order valence-electron chi connectivity index (χ0n) is 31.5. The zero-order valence-corrected chi connectivity index (χ0v) is 31.5. The van der Waals surface area contributed by atoms with Crippen LogP contribution in [-0.4, -0.2) is 80.8 Å². The van der Waals surface area contributed by atoms with E-state index in [4.69, 9.17) is 9.84 Å². The highest BCUT2D eigenvalue weighted by Crippen LogP contribution is 2.11. The minimum absolute atomic E-state index is 0.0295. The number of ether oxygens (including phenoxy) is 1. The van der Waals surface area contributed by atoms with E-state index in [1.165, 1.54) is 6.33 Å². The van der Waals surface area contributed by atoms with Crippen LogP contribution < -0.4 is 26.6 Å². The number of alkyl carbamates (subject to hydrolysis) is 1. The molecule has 2 aromatic carbocycles. The number of hydrogen-bond donors (Lipinski definition) is 7. The third-order valence-corrected chi connectivity index (χ3v) is 8.35. The topological polar surface area (TPSA) is 238 Å². The molecular weight excluding hydrogens is 710 g/mol. The lowest BCUT2D eigenvalue weighted by Gasteiger charge is -2.28. The quantitative estimate of drug-likeness (QED) is 0.0838. The van der Waals surface area contributed by atoms with Gasteiger partial charge < -0.3 is 36.1 Å². The first-order valence-corrected chi connectivity index (χ1v) is 18.2. The highest BCUT2D eigenvalue weighted by molar-refractivity contribution is 6.00. The number of amides is 6. The molecule has 0 saturated carbocycles. The molecule has 16 nitrogen and oxygen atoms in total. The molecule has 3 aromatic rings. The van der Waals surface area contributed by atoms with E-state index in [1.807, 2.05) is 26.0 Å². The van der Waals surface area contributed by atoms with Gasteiger partial charge in [0.25, 0.3) is 0 Å². The van der Waals surface area contributed by atoms with E-state index in [2.05, 4.69) is 36.6 Å². The fraction of sp³-hybridized carbons (Fsp3) is 0.436. The van der Waals surface area contributed by atoms with E-state index < -0.39 is 71.7 Å². The van der Waals surface area contributed by atoms with E-state index in [-0.39, 0.29) is 51.0 Å². The molecule has 0 fully saturated rings. The van der Waals surface area contributed by atoms with Crippen molar-refractivity contribution in [2.75, 3.05) is 0 Å².